The van der Waals surface area contributed by atoms with Crippen LogP contribution in [-0.4, -0.2) is 43.7 Å². The second kappa shape index (κ2) is 8.21. The topological polar surface area (TPSA) is 143 Å². The van der Waals surface area contributed by atoms with Crippen LogP contribution in [0, 0.1) is 12.7 Å². The van der Waals surface area contributed by atoms with E-state index in [9.17, 15) is 23.9 Å². The van der Waals surface area contributed by atoms with Crippen LogP contribution in [0.2, 0.25) is 0 Å². The van der Waals surface area contributed by atoms with Gasteiger partial charge in [0.1, 0.15) is 11.6 Å². The maximum Gasteiger partial charge on any atom is 0.309 e. The molecule has 2 heterocycles. The summed E-state index contributed by atoms with van der Waals surface area (Å²) >= 11 is 0. The van der Waals surface area contributed by atoms with E-state index in [2.05, 4.69) is 20.5 Å². The van der Waals surface area contributed by atoms with Gasteiger partial charge in [-0.05, 0) is 38.1 Å². The van der Waals surface area contributed by atoms with Gasteiger partial charge in [0.2, 0.25) is 11.6 Å². The molecule has 0 atom stereocenters. The van der Waals surface area contributed by atoms with Gasteiger partial charge in [-0.15, -0.1) is 10.2 Å². The van der Waals surface area contributed by atoms with Gasteiger partial charge in [-0.2, -0.15) is 0 Å². The molecule has 3 aromatic rings. The zero-order valence-electron chi connectivity index (χ0n) is 18.0. The molecule has 0 saturated heterocycles. The smallest absolute Gasteiger partial charge is 0.309 e. The monoisotopic (exact) mass is 444 g/mol. The van der Waals surface area contributed by atoms with Crippen LogP contribution < -0.4 is 15.8 Å². The van der Waals surface area contributed by atoms with Crippen molar-refractivity contribution in [3.05, 3.63) is 63.7 Å². The molecule has 0 aliphatic heterocycles. The van der Waals surface area contributed by atoms with E-state index >= 15 is 0 Å². The van der Waals surface area contributed by atoms with Crippen molar-refractivity contribution in [2.75, 3.05) is 11.9 Å². The number of rotatable bonds is 5. The van der Waals surface area contributed by atoms with Gasteiger partial charge in [0, 0.05) is 26.7 Å². The lowest BCUT2D eigenvalue weighted by Crippen LogP contribution is -2.46. The van der Waals surface area contributed by atoms with E-state index < -0.39 is 40.2 Å². The van der Waals surface area contributed by atoms with Crippen molar-refractivity contribution in [2.24, 2.45) is 7.05 Å². The summed E-state index contributed by atoms with van der Waals surface area (Å²) in [5.74, 6) is -2.96. The Morgan fingerprint density at radius 1 is 1.22 bits per heavy atom. The summed E-state index contributed by atoms with van der Waals surface area (Å²) in [5, 5.41) is 20.2. The number of benzene rings is 1. The maximum atomic E-state index is 13.2. The minimum atomic E-state index is -1.29. The van der Waals surface area contributed by atoms with E-state index in [1.165, 1.54) is 45.3 Å². The molecule has 2 N–H and O–H groups in total. The summed E-state index contributed by atoms with van der Waals surface area (Å²) in [6, 6.07) is 5.06. The van der Waals surface area contributed by atoms with Gasteiger partial charge in [-0.25, -0.2) is 9.37 Å². The van der Waals surface area contributed by atoms with E-state index in [0.29, 0.717) is 5.69 Å². The average Bonchev–Trinajstić information content (AvgIpc) is 3.18. The van der Waals surface area contributed by atoms with Crippen molar-refractivity contribution in [3.63, 3.8) is 0 Å². The molecule has 168 valence electrons. The first kappa shape index (κ1) is 22.6. The summed E-state index contributed by atoms with van der Waals surface area (Å²) in [4.78, 5) is 43.4. The van der Waals surface area contributed by atoms with Crippen LogP contribution >= 0.6 is 0 Å². The Hall–Kier alpha value is -4.09. The number of aromatic nitrogens is 4. The largest absolute Gasteiger partial charge is 0.501 e. The van der Waals surface area contributed by atoms with Crippen molar-refractivity contribution in [1.29, 1.82) is 0 Å². The molecule has 2 amide bonds. The molecular weight excluding hydrogens is 423 g/mol. The van der Waals surface area contributed by atoms with Crippen molar-refractivity contribution in [2.45, 2.75) is 26.3 Å². The number of nitrogens with zero attached hydrogens (tertiary/aromatic N) is 5. The highest BCUT2D eigenvalue weighted by Crippen LogP contribution is 2.23. The summed E-state index contributed by atoms with van der Waals surface area (Å²) in [6.07, 6.45) is 0. The number of nitrogens with one attached hydrogen (secondary N) is 1. The van der Waals surface area contributed by atoms with E-state index in [-0.39, 0.29) is 17.6 Å². The average molecular weight is 444 g/mol. The van der Waals surface area contributed by atoms with E-state index in [0.717, 1.165) is 9.47 Å². The fourth-order valence-corrected chi connectivity index (χ4v) is 3.02. The molecule has 0 aliphatic rings. The highest BCUT2D eigenvalue weighted by atomic mass is 19.1. The molecule has 0 aliphatic carbocycles. The molecule has 0 unspecified atom stereocenters. The number of halogens is 1. The minimum absolute atomic E-state index is 0.0132. The molecule has 2 aromatic heterocycles. The summed E-state index contributed by atoms with van der Waals surface area (Å²) in [6.45, 7) is 4.62. The van der Waals surface area contributed by atoms with Gasteiger partial charge >= 0.3 is 11.8 Å². The van der Waals surface area contributed by atoms with Crippen LogP contribution in [0.3, 0.4) is 0 Å². The highest BCUT2D eigenvalue weighted by Gasteiger charge is 2.33. The Morgan fingerprint density at radius 3 is 2.41 bits per heavy atom. The first-order valence-corrected chi connectivity index (χ1v) is 9.39. The van der Waals surface area contributed by atoms with Crippen molar-refractivity contribution in [3.8, 4) is 5.75 Å². The van der Waals surface area contributed by atoms with Gasteiger partial charge in [-0.3, -0.25) is 19.0 Å². The number of carbonyl (C=O) groups excluding carboxylic acids is 2. The van der Waals surface area contributed by atoms with Crippen LogP contribution in [0.5, 0.6) is 5.75 Å². The number of carbonyl (C=O) groups is 2. The summed E-state index contributed by atoms with van der Waals surface area (Å²) in [7, 11) is 2.73. The van der Waals surface area contributed by atoms with Crippen LogP contribution in [0.1, 0.15) is 46.7 Å². The standard InChI is InChI=1S/C20H21FN6O5/c1-10-24-25-16(32-10)15(29)23-20(2,3)19-22-13(14(28)18(31)27(19)5)17(30)26(4)12-8-6-11(21)7-9-12/h6-9,28H,1-5H3,(H,23,29). The molecule has 0 radical (unpaired) electrons. The number of hydrogen-bond donors (Lipinski definition) is 2. The molecule has 11 nitrogen and oxygen atoms in total. The number of aromatic hydroxyl groups is 1. The molecule has 32 heavy (non-hydrogen) atoms. The fraction of sp³-hybridized carbons (Fsp3) is 0.300. The SMILES string of the molecule is Cc1nnc(C(=O)NC(C)(C)c2nc(C(=O)N(C)c3ccc(F)cc3)c(O)c(=O)n2C)o1. The van der Waals surface area contributed by atoms with Crippen LogP contribution in [-0.2, 0) is 12.6 Å². The predicted octanol–water partition coefficient (Wildman–Crippen LogP) is 1.26. The zero-order chi connectivity index (χ0) is 23.8. The Kier molecular flexibility index (Phi) is 5.80. The lowest BCUT2D eigenvalue weighted by atomic mass is 10.0. The lowest BCUT2D eigenvalue weighted by molar-refractivity contribution is 0.0869. The minimum Gasteiger partial charge on any atom is -0.501 e. The molecule has 0 spiro atoms. The van der Waals surface area contributed by atoms with Crippen molar-refractivity contribution < 1.29 is 23.5 Å². The maximum absolute atomic E-state index is 13.2. The van der Waals surface area contributed by atoms with Gasteiger partial charge < -0.3 is 19.7 Å². The van der Waals surface area contributed by atoms with Crippen molar-refractivity contribution in [1.82, 2.24) is 25.1 Å². The number of hydrogen-bond acceptors (Lipinski definition) is 8. The first-order chi connectivity index (χ1) is 14.9. The van der Waals surface area contributed by atoms with Crippen LogP contribution in [0.15, 0.2) is 33.5 Å². The van der Waals surface area contributed by atoms with Gasteiger partial charge in [0.25, 0.3) is 11.5 Å². The molecule has 1 aromatic carbocycles. The van der Waals surface area contributed by atoms with E-state index in [4.69, 9.17) is 4.42 Å². The molecule has 0 bridgehead atoms. The van der Waals surface area contributed by atoms with Crippen LogP contribution in [0.25, 0.3) is 0 Å². The Labute approximate surface area is 181 Å². The summed E-state index contributed by atoms with van der Waals surface area (Å²) < 4.78 is 19.3. The Bertz CT molecular complexity index is 1250. The third-order valence-electron chi connectivity index (χ3n) is 4.69. The van der Waals surface area contributed by atoms with Crippen LogP contribution in [0.4, 0.5) is 10.1 Å². The Morgan fingerprint density at radius 2 is 1.84 bits per heavy atom. The third-order valence-corrected chi connectivity index (χ3v) is 4.69. The number of anilines is 1. The van der Waals surface area contributed by atoms with Gasteiger partial charge in [0.05, 0.1) is 5.54 Å². The summed E-state index contributed by atoms with van der Waals surface area (Å²) in [5.41, 5.74) is -2.38. The number of aryl methyl sites for hydroxylation is 1. The van der Waals surface area contributed by atoms with Gasteiger partial charge in [0.15, 0.2) is 5.69 Å². The van der Waals surface area contributed by atoms with E-state index in [1.807, 2.05) is 0 Å². The molecule has 0 fully saturated rings. The third kappa shape index (κ3) is 4.19. The predicted molar refractivity (Wildman–Crippen MR) is 110 cm³/mol. The second-order valence-electron chi connectivity index (χ2n) is 7.54. The van der Waals surface area contributed by atoms with E-state index in [1.54, 1.807) is 13.8 Å². The quantitative estimate of drug-likeness (QED) is 0.599. The second-order valence-corrected chi connectivity index (χ2v) is 7.54. The van der Waals surface area contributed by atoms with Crippen molar-refractivity contribution >= 4 is 17.5 Å². The fourth-order valence-electron chi connectivity index (χ4n) is 3.02. The lowest BCUT2D eigenvalue weighted by Gasteiger charge is -2.27. The number of amides is 2. The zero-order valence-corrected chi connectivity index (χ0v) is 18.0. The van der Waals surface area contributed by atoms with Gasteiger partial charge in [-0.1, -0.05) is 0 Å². The first-order valence-electron chi connectivity index (χ1n) is 9.39. The highest BCUT2D eigenvalue weighted by molar-refractivity contribution is 6.06. The Balaban J connectivity index is 2.00. The molecule has 12 heteroatoms. The molecule has 0 saturated carbocycles. The normalized spacial score (nSPS) is 11.3. The molecule has 3 rings (SSSR count). The molecular formula is C20H21FN6O5.